The van der Waals surface area contributed by atoms with E-state index < -0.39 is 0 Å². The van der Waals surface area contributed by atoms with E-state index >= 15 is 0 Å². The number of hydrogen-bond donors (Lipinski definition) is 0. The van der Waals surface area contributed by atoms with Gasteiger partial charge in [-0.15, -0.1) is 0 Å². The maximum absolute atomic E-state index is 13.0. The maximum Gasteiger partial charge on any atom is 0.123 e. The number of methoxy groups -OCH3 is 1. The van der Waals surface area contributed by atoms with E-state index in [1.165, 1.54) is 6.07 Å². The van der Waals surface area contributed by atoms with Crippen molar-refractivity contribution in [3.63, 3.8) is 0 Å². The largest absolute Gasteiger partial charge is 0.373 e. The molecule has 70 valence electrons. The molecule has 1 fully saturated rings. The predicted octanol–water partition coefficient (Wildman–Crippen LogP) is 3.07. The Hall–Kier alpha value is -0.160. The van der Waals surface area contributed by atoms with Gasteiger partial charge in [-0.05, 0) is 59.2 Å². The predicted molar refractivity (Wildman–Crippen MR) is 57.0 cm³/mol. The van der Waals surface area contributed by atoms with Gasteiger partial charge < -0.3 is 4.74 Å². The van der Waals surface area contributed by atoms with Crippen LogP contribution in [0.3, 0.4) is 0 Å². The molecule has 0 spiro atoms. The van der Waals surface area contributed by atoms with Gasteiger partial charge >= 0.3 is 0 Å². The van der Waals surface area contributed by atoms with E-state index in [4.69, 9.17) is 4.74 Å². The van der Waals surface area contributed by atoms with Gasteiger partial charge in [0.25, 0.3) is 0 Å². The number of ether oxygens (including phenoxy) is 1. The highest BCUT2D eigenvalue weighted by Crippen LogP contribution is 2.50. The van der Waals surface area contributed by atoms with Crippen molar-refractivity contribution in [2.24, 2.45) is 0 Å². The van der Waals surface area contributed by atoms with E-state index in [0.717, 1.165) is 22.0 Å². The van der Waals surface area contributed by atoms with Gasteiger partial charge in [-0.1, -0.05) is 0 Å². The normalized spacial score (nSPS) is 18.7. The molecule has 0 radical (unpaired) electrons. The summed E-state index contributed by atoms with van der Waals surface area (Å²) in [6, 6.07) is 4.86. The molecule has 1 aromatic rings. The second-order valence-corrected chi connectivity index (χ2v) is 4.48. The molecule has 3 heteroatoms. The summed E-state index contributed by atoms with van der Waals surface area (Å²) < 4.78 is 19.5. The molecule has 0 amide bonds. The van der Waals surface area contributed by atoms with Crippen LogP contribution in [-0.2, 0) is 10.3 Å². The molecule has 1 aliphatic carbocycles. The monoisotopic (exact) mass is 292 g/mol. The molecular weight excluding hydrogens is 282 g/mol. The Kier molecular flexibility index (Phi) is 2.32. The van der Waals surface area contributed by atoms with Crippen molar-refractivity contribution in [1.82, 2.24) is 0 Å². The molecule has 1 nitrogen and oxygen atoms in total. The average Bonchev–Trinajstić information content (AvgIpc) is 2.90. The van der Waals surface area contributed by atoms with Crippen molar-refractivity contribution in [2.75, 3.05) is 7.11 Å². The van der Waals surface area contributed by atoms with E-state index in [1.807, 2.05) is 0 Å². The first kappa shape index (κ1) is 9.40. The summed E-state index contributed by atoms with van der Waals surface area (Å²) in [6.45, 7) is 0. The SMILES string of the molecule is COC1(c2cc(F)ccc2I)CC1. The Balaban J connectivity index is 2.44. The lowest BCUT2D eigenvalue weighted by Crippen LogP contribution is -2.11. The van der Waals surface area contributed by atoms with Crippen LogP contribution in [0.15, 0.2) is 18.2 Å². The fourth-order valence-corrected chi connectivity index (χ4v) is 2.37. The lowest BCUT2D eigenvalue weighted by atomic mass is 10.1. The molecule has 0 aliphatic heterocycles. The van der Waals surface area contributed by atoms with Crippen molar-refractivity contribution >= 4 is 22.6 Å². The summed E-state index contributed by atoms with van der Waals surface area (Å²) in [5.74, 6) is -0.182. The zero-order valence-corrected chi connectivity index (χ0v) is 9.47. The van der Waals surface area contributed by atoms with Crippen LogP contribution < -0.4 is 0 Å². The van der Waals surface area contributed by atoms with Crippen molar-refractivity contribution < 1.29 is 9.13 Å². The highest BCUT2D eigenvalue weighted by Gasteiger charge is 2.46. The lowest BCUT2D eigenvalue weighted by molar-refractivity contribution is 0.0779. The molecule has 0 atom stereocenters. The van der Waals surface area contributed by atoms with Crippen LogP contribution in [0.25, 0.3) is 0 Å². The van der Waals surface area contributed by atoms with Gasteiger partial charge in [0.05, 0.1) is 5.60 Å². The van der Waals surface area contributed by atoms with E-state index in [0.29, 0.717) is 0 Å². The Bertz CT molecular complexity index is 334. The summed E-state index contributed by atoms with van der Waals surface area (Å²) in [5, 5.41) is 0. The summed E-state index contributed by atoms with van der Waals surface area (Å²) in [7, 11) is 1.69. The molecule has 0 unspecified atom stereocenters. The summed E-state index contributed by atoms with van der Waals surface area (Å²) in [5.41, 5.74) is 0.814. The van der Waals surface area contributed by atoms with E-state index in [9.17, 15) is 4.39 Å². The minimum atomic E-state index is -0.182. The van der Waals surface area contributed by atoms with Gasteiger partial charge in [-0.25, -0.2) is 4.39 Å². The summed E-state index contributed by atoms with van der Waals surface area (Å²) in [4.78, 5) is 0. The van der Waals surface area contributed by atoms with E-state index in [2.05, 4.69) is 22.6 Å². The molecule has 0 bridgehead atoms. The first-order valence-corrected chi connectivity index (χ1v) is 5.26. The van der Waals surface area contributed by atoms with Gasteiger partial charge in [0, 0.05) is 10.7 Å². The van der Waals surface area contributed by atoms with E-state index in [-0.39, 0.29) is 11.4 Å². The lowest BCUT2D eigenvalue weighted by Gasteiger charge is -2.15. The van der Waals surface area contributed by atoms with Gasteiger partial charge in [-0.2, -0.15) is 0 Å². The third-order valence-corrected chi connectivity index (χ3v) is 3.45. The minimum Gasteiger partial charge on any atom is -0.373 e. The molecule has 2 rings (SSSR count). The Morgan fingerprint density at radius 1 is 1.46 bits per heavy atom. The fourth-order valence-electron chi connectivity index (χ4n) is 1.54. The van der Waals surface area contributed by atoms with Crippen LogP contribution in [-0.4, -0.2) is 7.11 Å². The highest BCUT2D eigenvalue weighted by molar-refractivity contribution is 14.1. The second-order valence-electron chi connectivity index (χ2n) is 3.32. The number of hydrogen-bond acceptors (Lipinski definition) is 1. The quantitative estimate of drug-likeness (QED) is 0.761. The number of halogens is 2. The maximum atomic E-state index is 13.0. The molecule has 0 aromatic heterocycles. The highest BCUT2D eigenvalue weighted by atomic mass is 127. The number of benzene rings is 1. The van der Waals surface area contributed by atoms with Crippen LogP contribution in [0.2, 0.25) is 0 Å². The zero-order chi connectivity index (χ0) is 9.47. The van der Waals surface area contributed by atoms with Gasteiger partial charge in [-0.3, -0.25) is 0 Å². The van der Waals surface area contributed by atoms with Crippen molar-refractivity contribution in [1.29, 1.82) is 0 Å². The molecule has 1 saturated carbocycles. The Morgan fingerprint density at radius 2 is 2.15 bits per heavy atom. The van der Waals surface area contributed by atoms with Gasteiger partial charge in [0.2, 0.25) is 0 Å². The number of rotatable bonds is 2. The smallest absolute Gasteiger partial charge is 0.123 e. The molecule has 1 aromatic carbocycles. The average molecular weight is 292 g/mol. The molecule has 0 heterocycles. The van der Waals surface area contributed by atoms with Crippen LogP contribution >= 0.6 is 22.6 Å². The fraction of sp³-hybridized carbons (Fsp3) is 0.400. The van der Waals surface area contributed by atoms with Crippen LogP contribution in [0, 0.1) is 9.39 Å². The molecule has 0 N–H and O–H groups in total. The van der Waals surface area contributed by atoms with E-state index in [1.54, 1.807) is 19.2 Å². The summed E-state index contributed by atoms with van der Waals surface area (Å²) in [6.07, 6.45) is 2.01. The van der Waals surface area contributed by atoms with Crippen molar-refractivity contribution in [2.45, 2.75) is 18.4 Å². The second kappa shape index (κ2) is 3.20. The molecular formula is C10H10FIO. The third-order valence-electron chi connectivity index (χ3n) is 2.51. The van der Waals surface area contributed by atoms with Crippen molar-refractivity contribution in [3.05, 3.63) is 33.1 Å². The molecule has 1 aliphatic rings. The minimum absolute atomic E-state index is 0.182. The standard InChI is InChI=1S/C10H10FIO/c1-13-10(4-5-10)8-6-7(11)2-3-9(8)12/h2-3,6H,4-5H2,1H3. The first-order valence-electron chi connectivity index (χ1n) is 4.19. The van der Waals surface area contributed by atoms with Gasteiger partial charge in [0.1, 0.15) is 5.82 Å². The third kappa shape index (κ3) is 1.59. The Labute approximate surface area is 90.4 Å². The zero-order valence-electron chi connectivity index (χ0n) is 7.31. The van der Waals surface area contributed by atoms with Crippen LogP contribution in [0.1, 0.15) is 18.4 Å². The van der Waals surface area contributed by atoms with Gasteiger partial charge in [0.15, 0.2) is 0 Å². The van der Waals surface area contributed by atoms with Crippen molar-refractivity contribution in [3.8, 4) is 0 Å². The molecule has 0 saturated heterocycles. The first-order chi connectivity index (χ1) is 6.18. The summed E-state index contributed by atoms with van der Waals surface area (Å²) >= 11 is 2.22. The molecule has 13 heavy (non-hydrogen) atoms. The Morgan fingerprint density at radius 3 is 2.69 bits per heavy atom. The van der Waals surface area contributed by atoms with Crippen LogP contribution in [0.4, 0.5) is 4.39 Å². The van der Waals surface area contributed by atoms with Crippen LogP contribution in [0.5, 0.6) is 0 Å². The topological polar surface area (TPSA) is 9.23 Å².